The summed E-state index contributed by atoms with van der Waals surface area (Å²) in [6.07, 6.45) is 0. The number of aromatic nitrogens is 1. The maximum Gasteiger partial charge on any atom is 0.255 e. The Morgan fingerprint density at radius 2 is 1.76 bits per heavy atom. The van der Waals surface area contributed by atoms with E-state index < -0.39 is 5.54 Å². The van der Waals surface area contributed by atoms with Crippen LogP contribution in [0.5, 0.6) is 11.5 Å². The summed E-state index contributed by atoms with van der Waals surface area (Å²) < 4.78 is 11.4. The second-order valence-electron chi connectivity index (χ2n) is 9.96. The monoisotopic (exact) mass is 529 g/mol. The lowest BCUT2D eigenvalue weighted by atomic mass is 9.76. The van der Waals surface area contributed by atoms with E-state index in [1.165, 1.54) is 0 Å². The van der Waals surface area contributed by atoms with Gasteiger partial charge in [0.2, 0.25) is 5.91 Å². The number of piperazine rings is 1. The highest BCUT2D eigenvalue weighted by molar-refractivity contribution is 6.30. The van der Waals surface area contributed by atoms with Crippen molar-refractivity contribution in [2.45, 2.75) is 24.9 Å². The number of carbonyl (C=O) groups is 2. The van der Waals surface area contributed by atoms with Crippen molar-refractivity contribution in [2.75, 3.05) is 27.3 Å². The first-order chi connectivity index (χ1) is 18.4. The normalized spacial score (nSPS) is 20.9. The lowest BCUT2D eigenvalue weighted by Gasteiger charge is -2.51. The Labute approximate surface area is 225 Å². The van der Waals surface area contributed by atoms with Crippen molar-refractivity contribution in [3.05, 3.63) is 94.1 Å². The van der Waals surface area contributed by atoms with E-state index in [2.05, 4.69) is 11.1 Å². The van der Waals surface area contributed by atoms with Crippen LogP contribution in [-0.4, -0.2) is 53.9 Å². The van der Waals surface area contributed by atoms with Crippen molar-refractivity contribution in [2.24, 2.45) is 0 Å². The fourth-order valence-corrected chi connectivity index (χ4v) is 6.21. The summed E-state index contributed by atoms with van der Waals surface area (Å²) in [6, 6.07) is 21.2. The van der Waals surface area contributed by atoms with Crippen molar-refractivity contribution in [3.8, 4) is 11.5 Å². The zero-order chi connectivity index (χ0) is 26.6. The molecule has 8 heteroatoms. The second kappa shape index (κ2) is 9.10. The maximum atomic E-state index is 14.2. The molecule has 3 heterocycles. The van der Waals surface area contributed by atoms with E-state index in [1.54, 1.807) is 36.2 Å². The average molecular weight is 530 g/mol. The lowest BCUT2D eigenvalue weighted by Crippen LogP contribution is -2.67. The zero-order valence-electron chi connectivity index (χ0n) is 21.5. The summed E-state index contributed by atoms with van der Waals surface area (Å²) >= 11 is 6.06. The molecule has 0 radical (unpaired) electrons. The van der Waals surface area contributed by atoms with Gasteiger partial charge >= 0.3 is 0 Å². The van der Waals surface area contributed by atoms with Crippen LogP contribution < -0.4 is 9.47 Å². The van der Waals surface area contributed by atoms with Crippen LogP contribution in [0, 0.1) is 0 Å². The molecule has 2 aliphatic rings. The smallest absolute Gasteiger partial charge is 0.255 e. The third-order valence-corrected chi connectivity index (χ3v) is 8.16. The number of para-hydroxylation sites is 2. The van der Waals surface area contributed by atoms with Crippen LogP contribution in [0.1, 0.15) is 35.2 Å². The first-order valence-corrected chi connectivity index (χ1v) is 12.9. The maximum absolute atomic E-state index is 14.2. The highest BCUT2D eigenvalue weighted by Gasteiger charge is 2.56. The molecule has 194 valence electrons. The van der Waals surface area contributed by atoms with Crippen LogP contribution in [-0.2, 0) is 21.7 Å². The van der Waals surface area contributed by atoms with Gasteiger partial charge in [-0.3, -0.25) is 9.59 Å². The topological polar surface area (TPSA) is 74.9 Å². The van der Waals surface area contributed by atoms with Crippen LogP contribution in [0.2, 0.25) is 5.02 Å². The molecule has 2 aliphatic heterocycles. The van der Waals surface area contributed by atoms with Gasteiger partial charge in [0.05, 0.1) is 19.9 Å². The molecule has 7 nitrogen and oxygen atoms in total. The van der Waals surface area contributed by atoms with Gasteiger partial charge < -0.3 is 24.3 Å². The molecule has 1 fully saturated rings. The number of aromatic amines is 1. The summed E-state index contributed by atoms with van der Waals surface area (Å²) in [5.41, 5.74) is 3.29. The van der Waals surface area contributed by atoms with Gasteiger partial charge in [-0.1, -0.05) is 54.1 Å². The molecule has 1 N–H and O–H groups in total. The summed E-state index contributed by atoms with van der Waals surface area (Å²) in [5, 5.41) is 1.65. The number of benzene rings is 3. The summed E-state index contributed by atoms with van der Waals surface area (Å²) in [7, 11) is 3.23. The Morgan fingerprint density at radius 3 is 2.50 bits per heavy atom. The van der Waals surface area contributed by atoms with Gasteiger partial charge in [-0.05, 0) is 42.3 Å². The molecule has 2 unspecified atom stereocenters. The standard InChI is InChI=1S/C30H28ClN3O4/c1-30-28-26(21-7-4-5-9-23(21)32-28)22(20-8-6-10-24(37-2)27(20)38-3)16-34(30)25(35)17-33(29(30)36)15-18-11-13-19(31)14-12-18/h4-14,22,32H,15-17H2,1-3H3. The number of hydrogen-bond donors (Lipinski definition) is 1. The molecule has 1 saturated heterocycles. The summed E-state index contributed by atoms with van der Waals surface area (Å²) in [6.45, 7) is 2.53. The van der Waals surface area contributed by atoms with Crippen molar-refractivity contribution in [1.82, 2.24) is 14.8 Å². The molecule has 3 aromatic carbocycles. The quantitative estimate of drug-likeness (QED) is 0.392. The van der Waals surface area contributed by atoms with Crippen molar-refractivity contribution >= 4 is 34.3 Å². The summed E-state index contributed by atoms with van der Waals surface area (Å²) in [5.74, 6) is 0.807. The van der Waals surface area contributed by atoms with E-state index in [4.69, 9.17) is 21.1 Å². The van der Waals surface area contributed by atoms with E-state index in [9.17, 15) is 9.59 Å². The Bertz CT molecular complexity index is 1560. The SMILES string of the molecule is COc1cccc(C2CN3C(=O)CN(Cc4ccc(Cl)cc4)C(=O)C3(C)c3[nH]c4ccccc4c32)c1OC. The second-order valence-corrected chi connectivity index (χ2v) is 10.4. The van der Waals surface area contributed by atoms with Crippen LogP contribution in [0.25, 0.3) is 10.9 Å². The van der Waals surface area contributed by atoms with Crippen LogP contribution in [0.4, 0.5) is 0 Å². The number of H-pyrrole nitrogens is 1. The number of amides is 2. The highest BCUT2D eigenvalue weighted by Crippen LogP contribution is 2.50. The van der Waals surface area contributed by atoms with E-state index in [0.717, 1.165) is 33.3 Å². The predicted octanol–water partition coefficient (Wildman–Crippen LogP) is 5.07. The van der Waals surface area contributed by atoms with Crippen molar-refractivity contribution < 1.29 is 19.1 Å². The number of carbonyl (C=O) groups excluding carboxylic acids is 2. The molecule has 0 saturated carbocycles. The van der Waals surface area contributed by atoms with E-state index in [1.807, 2.05) is 55.5 Å². The van der Waals surface area contributed by atoms with E-state index >= 15 is 0 Å². The third kappa shape index (κ3) is 3.56. The first kappa shape index (κ1) is 24.4. The van der Waals surface area contributed by atoms with E-state index in [-0.39, 0.29) is 24.3 Å². The minimum atomic E-state index is -1.18. The average Bonchev–Trinajstić information content (AvgIpc) is 3.33. The Hall–Kier alpha value is -3.97. The van der Waals surface area contributed by atoms with Crippen molar-refractivity contribution in [1.29, 1.82) is 0 Å². The van der Waals surface area contributed by atoms with Crippen molar-refractivity contribution in [3.63, 3.8) is 0 Å². The molecule has 0 spiro atoms. The van der Waals surface area contributed by atoms with Crippen LogP contribution >= 0.6 is 11.6 Å². The Kier molecular flexibility index (Phi) is 5.83. The van der Waals surface area contributed by atoms with Gasteiger partial charge in [-0.2, -0.15) is 0 Å². The molecule has 0 bridgehead atoms. The number of fused-ring (bicyclic) bond motifs is 5. The molecule has 0 aliphatic carbocycles. The largest absolute Gasteiger partial charge is 0.493 e. The predicted molar refractivity (Wildman–Crippen MR) is 146 cm³/mol. The summed E-state index contributed by atoms with van der Waals surface area (Å²) in [4.78, 5) is 34.9. The molecular formula is C30H28ClN3O4. The fraction of sp³-hybridized carbons (Fsp3) is 0.267. The Balaban J connectivity index is 1.52. The number of rotatable bonds is 5. The minimum Gasteiger partial charge on any atom is -0.493 e. The molecule has 2 atom stereocenters. The van der Waals surface area contributed by atoms with Crippen LogP contribution in [0.3, 0.4) is 0 Å². The van der Waals surface area contributed by atoms with Gasteiger partial charge in [0.25, 0.3) is 5.91 Å². The number of ether oxygens (including phenoxy) is 2. The number of nitrogens with one attached hydrogen (secondary N) is 1. The number of halogens is 1. The molecule has 2 amide bonds. The van der Waals surface area contributed by atoms with Gasteiger partial charge in [0.1, 0.15) is 6.54 Å². The molecule has 4 aromatic rings. The minimum absolute atomic E-state index is 0.00851. The van der Waals surface area contributed by atoms with Gasteiger partial charge in [-0.25, -0.2) is 0 Å². The number of nitrogens with zero attached hydrogens (tertiary/aromatic N) is 2. The van der Waals surface area contributed by atoms with Gasteiger partial charge in [0.15, 0.2) is 17.0 Å². The highest BCUT2D eigenvalue weighted by atomic mass is 35.5. The third-order valence-electron chi connectivity index (χ3n) is 7.91. The molecule has 38 heavy (non-hydrogen) atoms. The molecule has 6 rings (SSSR count). The first-order valence-electron chi connectivity index (χ1n) is 12.5. The van der Waals surface area contributed by atoms with E-state index in [0.29, 0.717) is 29.6 Å². The van der Waals surface area contributed by atoms with Gasteiger partial charge in [-0.15, -0.1) is 0 Å². The lowest BCUT2D eigenvalue weighted by molar-refractivity contribution is -0.166. The number of methoxy groups -OCH3 is 2. The zero-order valence-corrected chi connectivity index (χ0v) is 22.2. The molecule has 1 aromatic heterocycles. The Morgan fingerprint density at radius 1 is 1.00 bits per heavy atom. The van der Waals surface area contributed by atoms with Crippen LogP contribution in [0.15, 0.2) is 66.7 Å². The number of hydrogen-bond acceptors (Lipinski definition) is 4. The molecular weight excluding hydrogens is 502 g/mol. The van der Waals surface area contributed by atoms with Gasteiger partial charge in [0, 0.05) is 40.5 Å². The fourth-order valence-electron chi connectivity index (χ4n) is 6.08.